The third kappa shape index (κ3) is 3.14. The average molecular weight is 315 g/mol. The lowest BCUT2D eigenvalue weighted by Crippen LogP contribution is -2.21. The number of nitrogens with one attached hydrogen (secondary N) is 1. The van der Waals surface area contributed by atoms with Gasteiger partial charge in [-0.2, -0.15) is 0 Å². The van der Waals surface area contributed by atoms with Gasteiger partial charge in [-0.3, -0.25) is 4.79 Å². The lowest BCUT2D eigenvalue weighted by Gasteiger charge is -2.20. The van der Waals surface area contributed by atoms with E-state index in [2.05, 4.69) is 5.32 Å². The highest BCUT2D eigenvalue weighted by Crippen LogP contribution is 2.35. The number of hydrogen-bond acceptors (Lipinski definition) is 3. The molecule has 0 saturated heterocycles. The number of para-hydroxylation sites is 1. The van der Waals surface area contributed by atoms with E-state index in [0.717, 1.165) is 16.2 Å². The summed E-state index contributed by atoms with van der Waals surface area (Å²) in [5, 5.41) is 2.57. The highest BCUT2D eigenvalue weighted by Gasteiger charge is 2.23. The second kappa shape index (κ2) is 6.66. The van der Waals surface area contributed by atoms with Crippen molar-refractivity contribution in [1.29, 1.82) is 0 Å². The zero-order valence-corrected chi connectivity index (χ0v) is 12.5. The number of amides is 1. The topological polar surface area (TPSA) is 38.3 Å². The monoisotopic (exact) mass is 315 g/mol. The number of hydrogen-bond donors (Lipinski definition) is 1. The molecule has 0 aromatic heterocycles. The first kappa shape index (κ1) is 14.7. The van der Waals surface area contributed by atoms with Crippen molar-refractivity contribution in [2.75, 3.05) is 17.7 Å². The summed E-state index contributed by atoms with van der Waals surface area (Å²) in [6.07, 6.45) is 0. The van der Waals surface area contributed by atoms with E-state index in [4.69, 9.17) is 4.74 Å². The molecule has 22 heavy (non-hydrogen) atoms. The SMILES string of the molecule is O=C(Nc1ccccc1F)C1=C(c2ccccc2)SCCO1. The summed E-state index contributed by atoms with van der Waals surface area (Å²) in [6, 6.07) is 15.6. The number of halogens is 1. The molecule has 0 saturated carbocycles. The van der Waals surface area contributed by atoms with E-state index in [1.165, 1.54) is 12.1 Å². The van der Waals surface area contributed by atoms with Crippen LogP contribution in [0.1, 0.15) is 5.56 Å². The lowest BCUT2D eigenvalue weighted by molar-refractivity contribution is -0.115. The number of benzene rings is 2. The summed E-state index contributed by atoms with van der Waals surface area (Å²) in [4.78, 5) is 13.2. The molecule has 2 aromatic carbocycles. The lowest BCUT2D eigenvalue weighted by atomic mass is 10.2. The number of anilines is 1. The van der Waals surface area contributed by atoms with E-state index >= 15 is 0 Å². The molecule has 0 radical (unpaired) electrons. The van der Waals surface area contributed by atoms with E-state index in [-0.39, 0.29) is 11.4 Å². The molecule has 1 aliphatic heterocycles. The summed E-state index contributed by atoms with van der Waals surface area (Å²) in [5.74, 6) is 0.115. The molecule has 0 aliphatic carbocycles. The molecule has 3 rings (SSSR count). The van der Waals surface area contributed by atoms with Crippen LogP contribution in [-0.4, -0.2) is 18.3 Å². The first-order chi connectivity index (χ1) is 10.8. The van der Waals surface area contributed by atoms with Gasteiger partial charge >= 0.3 is 0 Å². The fourth-order valence-electron chi connectivity index (χ4n) is 2.13. The molecule has 3 nitrogen and oxygen atoms in total. The van der Waals surface area contributed by atoms with Crippen molar-refractivity contribution in [2.45, 2.75) is 0 Å². The summed E-state index contributed by atoms with van der Waals surface area (Å²) >= 11 is 1.57. The Labute approximate surface area is 132 Å². The van der Waals surface area contributed by atoms with Gasteiger partial charge in [-0.05, 0) is 17.7 Å². The molecule has 1 N–H and O–H groups in total. The minimum Gasteiger partial charge on any atom is -0.486 e. The number of thioether (sulfide) groups is 1. The molecule has 0 bridgehead atoms. The first-order valence-corrected chi connectivity index (χ1v) is 7.85. The Morgan fingerprint density at radius 3 is 2.59 bits per heavy atom. The molecule has 2 aromatic rings. The summed E-state index contributed by atoms with van der Waals surface area (Å²) in [5.41, 5.74) is 1.07. The highest BCUT2D eigenvalue weighted by molar-refractivity contribution is 8.08. The maximum Gasteiger partial charge on any atom is 0.292 e. The van der Waals surface area contributed by atoms with Crippen LogP contribution >= 0.6 is 11.8 Å². The fourth-order valence-corrected chi connectivity index (χ4v) is 3.09. The Balaban J connectivity index is 1.91. The predicted octanol–water partition coefficient (Wildman–Crippen LogP) is 3.90. The van der Waals surface area contributed by atoms with Gasteiger partial charge in [0.05, 0.1) is 17.2 Å². The molecule has 1 amide bonds. The van der Waals surface area contributed by atoms with Gasteiger partial charge in [0.25, 0.3) is 5.91 Å². The Morgan fingerprint density at radius 2 is 1.82 bits per heavy atom. The third-order valence-corrected chi connectivity index (χ3v) is 4.23. The summed E-state index contributed by atoms with van der Waals surface area (Å²) in [6.45, 7) is 0.459. The van der Waals surface area contributed by atoms with Crippen molar-refractivity contribution in [3.8, 4) is 0 Å². The van der Waals surface area contributed by atoms with Gasteiger partial charge in [0.1, 0.15) is 5.82 Å². The van der Waals surface area contributed by atoms with Crippen molar-refractivity contribution < 1.29 is 13.9 Å². The molecule has 0 spiro atoms. The second-order valence-corrected chi connectivity index (χ2v) is 5.76. The normalized spacial score (nSPS) is 14.4. The Morgan fingerprint density at radius 1 is 1.09 bits per heavy atom. The number of carbonyl (C=O) groups is 1. The maximum absolute atomic E-state index is 13.7. The highest BCUT2D eigenvalue weighted by atomic mass is 32.2. The predicted molar refractivity (Wildman–Crippen MR) is 86.8 cm³/mol. The van der Waals surface area contributed by atoms with E-state index in [1.807, 2.05) is 30.3 Å². The first-order valence-electron chi connectivity index (χ1n) is 6.87. The zero-order valence-electron chi connectivity index (χ0n) is 11.7. The largest absolute Gasteiger partial charge is 0.486 e. The minimum atomic E-state index is -0.471. The van der Waals surface area contributed by atoms with E-state index in [1.54, 1.807) is 23.9 Å². The number of ether oxygens (including phenoxy) is 1. The third-order valence-electron chi connectivity index (χ3n) is 3.15. The van der Waals surface area contributed by atoms with Crippen LogP contribution in [0.25, 0.3) is 4.91 Å². The molecule has 5 heteroatoms. The quantitative estimate of drug-likeness (QED) is 0.933. The van der Waals surface area contributed by atoms with Crippen molar-refractivity contribution in [3.05, 3.63) is 71.7 Å². The molecular weight excluding hydrogens is 301 g/mol. The Kier molecular flexibility index (Phi) is 4.44. The van der Waals surface area contributed by atoms with E-state index in [0.29, 0.717) is 6.61 Å². The van der Waals surface area contributed by atoms with Crippen LogP contribution < -0.4 is 5.32 Å². The minimum absolute atomic E-state index is 0.145. The van der Waals surface area contributed by atoms with Crippen molar-refractivity contribution in [2.24, 2.45) is 0 Å². The molecule has 1 heterocycles. The van der Waals surface area contributed by atoms with E-state index < -0.39 is 11.7 Å². The summed E-state index contributed by atoms with van der Waals surface area (Å²) in [7, 11) is 0. The van der Waals surface area contributed by atoms with Crippen LogP contribution in [-0.2, 0) is 9.53 Å². The fraction of sp³-hybridized carbons (Fsp3) is 0.118. The molecular formula is C17H14FNO2S. The van der Waals surface area contributed by atoms with Crippen molar-refractivity contribution in [1.82, 2.24) is 0 Å². The van der Waals surface area contributed by atoms with Crippen molar-refractivity contribution >= 4 is 28.3 Å². The van der Waals surface area contributed by atoms with Crippen molar-refractivity contribution in [3.63, 3.8) is 0 Å². The van der Waals surface area contributed by atoms with Crippen LogP contribution in [0, 0.1) is 5.82 Å². The van der Waals surface area contributed by atoms with Gasteiger partial charge in [0, 0.05) is 5.75 Å². The van der Waals surface area contributed by atoms with Crippen LogP contribution in [0.15, 0.2) is 60.4 Å². The number of carbonyl (C=O) groups excluding carboxylic acids is 1. The van der Waals surface area contributed by atoms with Gasteiger partial charge in [0.2, 0.25) is 0 Å². The van der Waals surface area contributed by atoms with Crippen LogP contribution in [0.4, 0.5) is 10.1 Å². The van der Waals surface area contributed by atoms with Gasteiger partial charge in [-0.15, -0.1) is 11.8 Å². The summed E-state index contributed by atoms with van der Waals surface area (Å²) < 4.78 is 19.2. The van der Waals surface area contributed by atoms with Crippen LogP contribution in [0.5, 0.6) is 0 Å². The zero-order chi connectivity index (χ0) is 15.4. The van der Waals surface area contributed by atoms with Gasteiger partial charge in [0.15, 0.2) is 5.76 Å². The molecule has 0 atom stereocenters. The van der Waals surface area contributed by atoms with Gasteiger partial charge < -0.3 is 10.1 Å². The average Bonchev–Trinajstić information content (AvgIpc) is 2.58. The Hall–Kier alpha value is -2.27. The van der Waals surface area contributed by atoms with Gasteiger partial charge in [-0.25, -0.2) is 4.39 Å². The molecule has 0 unspecified atom stereocenters. The smallest absolute Gasteiger partial charge is 0.292 e. The van der Waals surface area contributed by atoms with Crippen LogP contribution in [0.2, 0.25) is 0 Å². The standard InChI is InChI=1S/C17H14FNO2S/c18-13-8-4-5-9-14(13)19-17(20)15-16(22-11-10-21-15)12-6-2-1-3-7-12/h1-9H,10-11H2,(H,19,20). The molecule has 112 valence electrons. The molecule has 0 fully saturated rings. The van der Waals surface area contributed by atoms with E-state index in [9.17, 15) is 9.18 Å². The van der Waals surface area contributed by atoms with Crippen LogP contribution in [0.3, 0.4) is 0 Å². The van der Waals surface area contributed by atoms with Gasteiger partial charge in [-0.1, -0.05) is 42.5 Å². The maximum atomic E-state index is 13.7. The second-order valence-electron chi connectivity index (χ2n) is 4.66. The molecule has 1 aliphatic rings. The Bertz CT molecular complexity index is 716. The number of rotatable bonds is 3.